The largest absolute Gasteiger partial charge is 0.391 e. The van der Waals surface area contributed by atoms with Gasteiger partial charge in [0, 0.05) is 16.2 Å². The van der Waals surface area contributed by atoms with Gasteiger partial charge >= 0.3 is 0 Å². The molecule has 0 amide bonds. The molecule has 0 spiro atoms. The van der Waals surface area contributed by atoms with Crippen LogP contribution in [0.2, 0.25) is 0 Å². The van der Waals surface area contributed by atoms with Crippen LogP contribution < -0.4 is 5.32 Å². The number of aryl methyl sites for hydroxylation is 1. The number of benzene rings is 1. The predicted molar refractivity (Wildman–Crippen MR) is 63.6 cm³/mol. The summed E-state index contributed by atoms with van der Waals surface area (Å²) in [6.07, 6.45) is -0.359. The Kier molecular flexibility index (Phi) is 3.96. The molecule has 0 fully saturated rings. The Bertz CT molecular complexity index is 312. The Balaban J connectivity index is 2.82. The molecule has 2 N–H and O–H groups in total. The summed E-state index contributed by atoms with van der Waals surface area (Å²) >= 11 is 3.51. The maximum atomic E-state index is 9.36. The first-order valence-corrected chi connectivity index (χ1v) is 5.51. The fraction of sp³-hybridized carbons (Fsp3) is 0.455. The molecule has 0 radical (unpaired) electrons. The highest BCUT2D eigenvalue weighted by molar-refractivity contribution is 9.10. The number of anilines is 1. The van der Waals surface area contributed by atoms with Gasteiger partial charge < -0.3 is 10.4 Å². The lowest BCUT2D eigenvalue weighted by Gasteiger charge is -2.19. The molecule has 0 saturated carbocycles. The Hall–Kier alpha value is -0.540. The van der Waals surface area contributed by atoms with E-state index in [1.807, 2.05) is 32.0 Å². The lowest BCUT2D eigenvalue weighted by Crippen LogP contribution is -2.27. The Morgan fingerprint density at radius 3 is 2.57 bits per heavy atom. The monoisotopic (exact) mass is 257 g/mol. The van der Waals surface area contributed by atoms with Crippen LogP contribution in [-0.2, 0) is 0 Å². The predicted octanol–water partition coefficient (Wildman–Crippen LogP) is 2.94. The average Bonchev–Trinajstić information content (AvgIpc) is 2.12. The molecular formula is C11H16BrNO. The first-order valence-electron chi connectivity index (χ1n) is 4.72. The number of rotatable bonds is 3. The first kappa shape index (κ1) is 11.5. The molecule has 0 aliphatic heterocycles. The fourth-order valence-corrected chi connectivity index (χ4v) is 1.50. The van der Waals surface area contributed by atoms with Gasteiger partial charge in [0.2, 0.25) is 0 Å². The average molecular weight is 258 g/mol. The van der Waals surface area contributed by atoms with Crippen LogP contribution in [0.15, 0.2) is 22.7 Å². The SMILES string of the molecule is Cc1cccc(NC(C)C(C)O)c1Br. The summed E-state index contributed by atoms with van der Waals surface area (Å²) in [5, 5.41) is 12.6. The summed E-state index contributed by atoms with van der Waals surface area (Å²) in [5.41, 5.74) is 2.21. The van der Waals surface area contributed by atoms with Crippen molar-refractivity contribution in [3.8, 4) is 0 Å². The highest BCUT2D eigenvalue weighted by Gasteiger charge is 2.10. The lowest BCUT2D eigenvalue weighted by atomic mass is 10.1. The van der Waals surface area contributed by atoms with Crippen molar-refractivity contribution >= 4 is 21.6 Å². The molecule has 0 aliphatic carbocycles. The molecule has 0 aliphatic rings. The van der Waals surface area contributed by atoms with Gasteiger partial charge in [0.25, 0.3) is 0 Å². The zero-order valence-corrected chi connectivity index (χ0v) is 10.3. The molecule has 78 valence electrons. The van der Waals surface area contributed by atoms with Gasteiger partial charge in [0.15, 0.2) is 0 Å². The van der Waals surface area contributed by atoms with Gasteiger partial charge in [-0.1, -0.05) is 12.1 Å². The van der Waals surface area contributed by atoms with Crippen molar-refractivity contribution < 1.29 is 5.11 Å². The van der Waals surface area contributed by atoms with E-state index in [2.05, 4.69) is 21.2 Å². The van der Waals surface area contributed by atoms with Gasteiger partial charge in [0.05, 0.1) is 6.10 Å². The number of aliphatic hydroxyl groups excluding tert-OH is 1. The summed E-state index contributed by atoms with van der Waals surface area (Å²) in [5.74, 6) is 0. The molecule has 0 saturated heterocycles. The second kappa shape index (κ2) is 4.80. The molecule has 3 heteroatoms. The van der Waals surface area contributed by atoms with Gasteiger partial charge in [-0.2, -0.15) is 0 Å². The minimum Gasteiger partial charge on any atom is -0.391 e. The standard InChI is InChI=1S/C11H16BrNO/c1-7-5-4-6-10(11(7)12)13-8(2)9(3)14/h4-6,8-9,13-14H,1-3H3. The molecule has 1 rings (SSSR count). The van der Waals surface area contributed by atoms with Crippen LogP contribution in [0.3, 0.4) is 0 Å². The Labute approximate surface area is 93.5 Å². The summed E-state index contributed by atoms with van der Waals surface area (Å²) < 4.78 is 1.06. The lowest BCUT2D eigenvalue weighted by molar-refractivity contribution is 0.178. The summed E-state index contributed by atoms with van der Waals surface area (Å²) in [7, 11) is 0. The van der Waals surface area contributed by atoms with E-state index < -0.39 is 0 Å². The number of aliphatic hydroxyl groups is 1. The maximum absolute atomic E-state index is 9.36. The van der Waals surface area contributed by atoms with Crippen LogP contribution in [0.1, 0.15) is 19.4 Å². The van der Waals surface area contributed by atoms with Crippen LogP contribution in [0.25, 0.3) is 0 Å². The minimum atomic E-state index is -0.359. The fourth-order valence-electron chi connectivity index (χ4n) is 1.12. The van der Waals surface area contributed by atoms with E-state index in [9.17, 15) is 5.11 Å². The van der Waals surface area contributed by atoms with Crippen molar-refractivity contribution in [2.24, 2.45) is 0 Å². The van der Waals surface area contributed by atoms with E-state index in [1.54, 1.807) is 6.92 Å². The van der Waals surface area contributed by atoms with E-state index in [0.717, 1.165) is 10.2 Å². The third-order valence-corrected chi connectivity index (χ3v) is 3.35. The van der Waals surface area contributed by atoms with E-state index >= 15 is 0 Å². The molecule has 14 heavy (non-hydrogen) atoms. The van der Waals surface area contributed by atoms with Gasteiger partial charge in [-0.3, -0.25) is 0 Å². The van der Waals surface area contributed by atoms with Crippen molar-refractivity contribution in [2.45, 2.75) is 32.9 Å². The van der Waals surface area contributed by atoms with Gasteiger partial charge in [-0.25, -0.2) is 0 Å². The van der Waals surface area contributed by atoms with Crippen LogP contribution in [0.5, 0.6) is 0 Å². The zero-order valence-electron chi connectivity index (χ0n) is 8.71. The minimum absolute atomic E-state index is 0.0492. The third kappa shape index (κ3) is 2.72. The van der Waals surface area contributed by atoms with Crippen molar-refractivity contribution in [3.05, 3.63) is 28.2 Å². The molecule has 2 nitrogen and oxygen atoms in total. The van der Waals surface area contributed by atoms with Crippen molar-refractivity contribution in [3.63, 3.8) is 0 Å². The zero-order chi connectivity index (χ0) is 10.7. The Morgan fingerprint density at radius 1 is 1.36 bits per heavy atom. The number of hydrogen-bond acceptors (Lipinski definition) is 2. The maximum Gasteiger partial charge on any atom is 0.0710 e. The van der Waals surface area contributed by atoms with Gasteiger partial charge in [-0.15, -0.1) is 0 Å². The number of hydrogen-bond donors (Lipinski definition) is 2. The van der Waals surface area contributed by atoms with Crippen molar-refractivity contribution in [1.82, 2.24) is 0 Å². The van der Waals surface area contributed by atoms with Gasteiger partial charge in [-0.05, 0) is 48.3 Å². The van der Waals surface area contributed by atoms with E-state index in [-0.39, 0.29) is 12.1 Å². The normalized spacial score (nSPS) is 14.9. The van der Waals surface area contributed by atoms with E-state index in [4.69, 9.17) is 0 Å². The van der Waals surface area contributed by atoms with Crippen LogP contribution in [0.4, 0.5) is 5.69 Å². The van der Waals surface area contributed by atoms with Gasteiger partial charge in [0.1, 0.15) is 0 Å². The van der Waals surface area contributed by atoms with Crippen molar-refractivity contribution in [1.29, 1.82) is 0 Å². The smallest absolute Gasteiger partial charge is 0.0710 e. The number of nitrogens with one attached hydrogen (secondary N) is 1. The molecule has 2 unspecified atom stereocenters. The quantitative estimate of drug-likeness (QED) is 0.873. The summed E-state index contributed by atoms with van der Waals surface area (Å²) in [6.45, 7) is 5.78. The molecule has 1 aromatic rings. The van der Waals surface area contributed by atoms with Crippen molar-refractivity contribution in [2.75, 3.05) is 5.32 Å². The molecule has 0 aromatic heterocycles. The second-order valence-corrected chi connectivity index (χ2v) is 4.40. The molecule has 2 atom stereocenters. The Morgan fingerprint density at radius 2 is 2.00 bits per heavy atom. The number of halogens is 1. The molecule has 0 heterocycles. The van der Waals surface area contributed by atoms with Crippen LogP contribution >= 0.6 is 15.9 Å². The molecular weight excluding hydrogens is 242 g/mol. The summed E-state index contributed by atoms with van der Waals surface area (Å²) in [4.78, 5) is 0. The molecule has 1 aromatic carbocycles. The second-order valence-electron chi connectivity index (χ2n) is 3.61. The first-order chi connectivity index (χ1) is 6.52. The van der Waals surface area contributed by atoms with Crippen LogP contribution in [-0.4, -0.2) is 17.3 Å². The van der Waals surface area contributed by atoms with Crippen LogP contribution in [0, 0.1) is 6.92 Å². The highest BCUT2D eigenvalue weighted by Crippen LogP contribution is 2.26. The van der Waals surface area contributed by atoms with E-state index in [1.165, 1.54) is 5.56 Å². The topological polar surface area (TPSA) is 32.3 Å². The summed E-state index contributed by atoms with van der Waals surface area (Å²) in [6, 6.07) is 6.09. The van der Waals surface area contributed by atoms with E-state index in [0.29, 0.717) is 0 Å². The third-order valence-electron chi connectivity index (χ3n) is 2.30. The highest BCUT2D eigenvalue weighted by atomic mass is 79.9. The molecule has 0 bridgehead atoms.